The molecule has 1 spiro atoms. The molecular weight excluding hydrogens is 338 g/mol. The van der Waals surface area contributed by atoms with E-state index in [0.717, 1.165) is 39.0 Å². The molecule has 1 aromatic rings. The minimum atomic E-state index is -0.00485. The molecule has 2 aliphatic heterocycles. The molecule has 2 heterocycles. The zero-order chi connectivity index (χ0) is 18.9. The van der Waals surface area contributed by atoms with Crippen LogP contribution < -0.4 is 5.32 Å². The van der Waals surface area contributed by atoms with E-state index in [9.17, 15) is 9.59 Å². The van der Waals surface area contributed by atoms with Gasteiger partial charge in [0.1, 0.15) is 0 Å². The van der Waals surface area contributed by atoms with E-state index < -0.39 is 0 Å². The van der Waals surface area contributed by atoms with E-state index in [-0.39, 0.29) is 17.2 Å². The zero-order valence-electron chi connectivity index (χ0n) is 16.3. The van der Waals surface area contributed by atoms with Crippen molar-refractivity contribution < 1.29 is 9.59 Å². The second-order valence-electron chi connectivity index (χ2n) is 8.86. The minimum Gasteiger partial charge on any atom is -0.352 e. The van der Waals surface area contributed by atoms with Crippen molar-refractivity contribution in [2.24, 2.45) is 17.3 Å². The highest BCUT2D eigenvalue weighted by Crippen LogP contribution is 2.44. The summed E-state index contributed by atoms with van der Waals surface area (Å²) >= 11 is 0. The summed E-state index contributed by atoms with van der Waals surface area (Å²) in [5.74, 6) is 1.04. The number of carbonyl (C=O) groups excluding carboxylic acids is 2. The van der Waals surface area contributed by atoms with Gasteiger partial charge in [-0.15, -0.1) is 0 Å². The molecule has 1 atom stereocenters. The summed E-state index contributed by atoms with van der Waals surface area (Å²) in [5, 5.41) is 3.12. The molecule has 3 aliphatic rings. The third kappa shape index (κ3) is 3.75. The molecule has 1 aliphatic carbocycles. The smallest absolute Gasteiger partial charge is 0.251 e. The zero-order valence-corrected chi connectivity index (χ0v) is 16.3. The lowest BCUT2D eigenvalue weighted by Crippen LogP contribution is -2.64. The van der Waals surface area contributed by atoms with Crippen LogP contribution in [0.3, 0.4) is 0 Å². The number of nitrogens with one attached hydrogen (secondary N) is 1. The van der Waals surface area contributed by atoms with E-state index in [1.165, 1.54) is 19.3 Å². The van der Waals surface area contributed by atoms with Gasteiger partial charge in [-0.1, -0.05) is 37.5 Å². The molecule has 2 amide bonds. The number of carbonyl (C=O) groups is 2. The summed E-state index contributed by atoms with van der Waals surface area (Å²) in [6.45, 7) is 4.41. The highest BCUT2D eigenvalue weighted by atomic mass is 16.2. The van der Waals surface area contributed by atoms with Crippen molar-refractivity contribution in [1.29, 1.82) is 0 Å². The van der Waals surface area contributed by atoms with Gasteiger partial charge in [0, 0.05) is 49.6 Å². The fourth-order valence-corrected chi connectivity index (χ4v) is 5.33. The summed E-state index contributed by atoms with van der Waals surface area (Å²) in [4.78, 5) is 29.6. The average Bonchev–Trinajstić information content (AvgIpc) is 3.02. The Kier molecular flexibility index (Phi) is 5.22. The van der Waals surface area contributed by atoms with Crippen LogP contribution >= 0.6 is 0 Å². The van der Waals surface area contributed by atoms with E-state index in [1.54, 1.807) is 0 Å². The lowest BCUT2D eigenvalue weighted by molar-refractivity contribution is -0.150. The second-order valence-corrected chi connectivity index (χ2v) is 8.86. The predicted molar refractivity (Wildman–Crippen MR) is 105 cm³/mol. The van der Waals surface area contributed by atoms with Gasteiger partial charge in [0.15, 0.2) is 0 Å². The van der Waals surface area contributed by atoms with E-state index in [4.69, 9.17) is 0 Å². The molecule has 1 unspecified atom stereocenters. The number of rotatable bonds is 4. The molecule has 1 N–H and O–H groups in total. The Bertz CT molecular complexity index is 678. The van der Waals surface area contributed by atoms with E-state index in [2.05, 4.69) is 22.2 Å². The van der Waals surface area contributed by atoms with Crippen molar-refractivity contribution in [1.82, 2.24) is 15.1 Å². The second kappa shape index (κ2) is 7.63. The van der Waals surface area contributed by atoms with Gasteiger partial charge in [-0.3, -0.25) is 9.59 Å². The van der Waals surface area contributed by atoms with Crippen LogP contribution in [-0.2, 0) is 4.79 Å². The molecule has 3 fully saturated rings. The van der Waals surface area contributed by atoms with Crippen molar-refractivity contribution in [3.8, 4) is 0 Å². The van der Waals surface area contributed by atoms with Crippen LogP contribution in [0, 0.1) is 17.3 Å². The minimum absolute atomic E-state index is 0.00485. The van der Waals surface area contributed by atoms with Gasteiger partial charge in [0.25, 0.3) is 5.91 Å². The van der Waals surface area contributed by atoms with Gasteiger partial charge < -0.3 is 15.1 Å². The maximum absolute atomic E-state index is 12.8. The number of nitrogens with zero attached hydrogens (tertiary/aromatic N) is 2. The van der Waals surface area contributed by atoms with Gasteiger partial charge in [0.05, 0.1) is 0 Å². The summed E-state index contributed by atoms with van der Waals surface area (Å²) in [7, 11) is 2.15. The Balaban J connectivity index is 1.33. The van der Waals surface area contributed by atoms with Crippen molar-refractivity contribution in [3.05, 3.63) is 35.9 Å². The van der Waals surface area contributed by atoms with Crippen molar-refractivity contribution in [3.63, 3.8) is 0 Å². The number of hydrogen-bond acceptors (Lipinski definition) is 3. The Hall–Kier alpha value is -1.88. The maximum atomic E-state index is 12.8. The first-order chi connectivity index (χ1) is 13.1. The van der Waals surface area contributed by atoms with Crippen molar-refractivity contribution >= 4 is 11.8 Å². The third-order valence-electron chi connectivity index (χ3n) is 6.81. The summed E-state index contributed by atoms with van der Waals surface area (Å²) < 4.78 is 0. The summed E-state index contributed by atoms with van der Waals surface area (Å²) in [6, 6.07) is 9.39. The first kappa shape index (κ1) is 18.5. The number of likely N-dealkylation sites (tertiary alicyclic amines) is 2. The first-order valence-electron chi connectivity index (χ1n) is 10.4. The topological polar surface area (TPSA) is 52.7 Å². The fraction of sp³-hybridized carbons (Fsp3) is 0.636. The first-order valence-corrected chi connectivity index (χ1v) is 10.4. The van der Waals surface area contributed by atoms with E-state index in [0.29, 0.717) is 23.9 Å². The fourth-order valence-electron chi connectivity index (χ4n) is 5.33. The molecule has 1 saturated carbocycles. The SMILES string of the molecule is CN1CC(CNC(=O)c2ccccc2)C2(C1)CN(C(=O)C1CCCCC1)C2. The normalized spacial score (nSPS) is 25.4. The maximum Gasteiger partial charge on any atom is 0.251 e. The molecular formula is C22H31N3O2. The molecule has 1 aromatic carbocycles. The van der Waals surface area contributed by atoms with Crippen LogP contribution in [0.1, 0.15) is 42.5 Å². The highest BCUT2D eigenvalue weighted by Gasteiger charge is 2.54. The van der Waals surface area contributed by atoms with Crippen LogP contribution in [0.2, 0.25) is 0 Å². The largest absolute Gasteiger partial charge is 0.352 e. The van der Waals surface area contributed by atoms with Gasteiger partial charge in [-0.25, -0.2) is 0 Å². The Morgan fingerprint density at radius 3 is 2.48 bits per heavy atom. The molecule has 2 saturated heterocycles. The molecule has 0 aromatic heterocycles. The molecule has 5 heteroatoms. The molecule has 146 valence electrons. The Morgan fingerprint density at radius 1 is 1.07 bits per heavy atom. The van der Waals surface area contributed by atoms with Crippen LogP contribution in [0.4, 0.5) is 0 Å². The van der Waals surface area contributed by atoms with Gasteiger partial charge in [-0.2, -0.15) is 0 Å². The van der Waals surface area contributed by atoms with Crippen LogP contribution in [0.25, 0.3) is 0 Å². The molecule has 0 bridgehead atoms. The summed E-state index contributed by atoms with van der Waals surface area (Å²) in [5.41, 5.74) is 0.865. The summed E-state index contributed by atoms with van der Waals surface area (Å²) in [6.07, 6.45) is 5.82. The van der Waals surface area contributed by atoms with E-state index >= 15 is 0 Å². The lowest BCUT2D eigenvalue weighted by Gasteiger charge is -2.52. The van der Waals surface area contributed by atoms with Gasteiger partial charge in [-0.05, 0) is 37.9 Å². The quantitative estimate of drug-likeness (QED) is 0.887. The van der Waals surface area contributed by atoms with Gasteiger partial charge >= 0.3 is 0 Å². The van der Waals surface area contributed by atoms with Crippen molar-refractivity contribution in [2.75, 3.05) is 39.8 Å². The highest BCUT2D eigenvalue weighted by molar-refractivity contribution is 5.94. The molecule has 4 rings (SSSR count). The third-order valence-corrected chi connectivity index (χ3v) is 6.81. The lowest BCUT2D eigenvalue weighted by atomic mass is 9.70. The Morgan fingerprint density at radius 2 is 1.78 bits per heavy atom. The monoisotopic (exact) mass is 369 g/mol. The number of benzene rings is 1. The van der Waals surface area contributed by atoms with E-state index in [1.807, 2.05) is 30.3 Å². The predicted octanol–water partition coefficient (Wildman–Crippen LogP) is 2.39. The molecule has 5 nitrogen and oxygen atoms in total. The van der Waals surface area contributed by atoms with Crippen LogP contribution in [0.15, 0.2) is 30.3 Å². The number of hydrogen-bond donors (Lipinski definition) is 1. The van der Waals surface area contributed by atoms with Crippen molar-refractivity contribution in [2.45, 2.75) is 32.1 Å². The molecule has 0 radical (unpaired) electrons. The van der Waals surface area contributed by atoms with Crippen LogP contribution in [-0.4, -0.2) is 61.4 Å². The molecule has 27 heavy (non-hydrogen) atoms. The standard InChI is InChI=1S/C22H31N3O2/c1-24-13-19(12-23-20(26)17-8-4-2-5-9-17)22(14-24)15-25(16-22)21(27)18-10-6-3-7-11-18/h2,4-5,8-9,18-19H,3,6-7,10-16H2,1H3,(H,23,26). The van der Waals surface area contributed by atoms with Crippen LogP contribution in [0.5, 0.6) is 0 Å². The Labute approximate surface area is 162 Å². The van der Waals surface area contributed by atoms with Gasteiger partial charge in [0.2, 0.25) is 5.91 Å². The average molecular weight is 370 g/mol. The number of amides is 2.